The van der Waals surface area contributed by atoms with Gasteiger partial charge in [0.05, 0.1) is 5.69 Å². The number of halogens is 3. The number of nitrogens with zero attached hydrogens (tertiary/aromatic N) is 1. The summed E-state index contributed by atoms with van der Waals surface area (Å²) in [5, 5.41) is 9.44. The Bertz CT molecular complexity index is 372. The Morgan fingerprint density at radius 3 is 2.31 bits per heavy atom. The van der Waals surface area contributed by atoms with Crippen molar-refractivity contribution in [3.05, 3.63) is 29.6 Å². The van der Waals surface area contributed by atoms with Crippen molar-refractivity contribution in [2.75, 3.05) is 0 Å². The lowest BCUT2D eigenvalue weighted by Crippen LogP contribution is -2.40. The predicted molar refractivity (Wildman–Crippen MR) is 54.0 cm³/mol. The smallest absolute Gasteiger partial charge is 0.375 e. The molecule has 1 unspecified atom stereocenters. The van der Waals surface area contributed by atoms with E-state index < -0.39 is 11.8 Å². The van der Waals surface area contributed by atoms with E-state index in [2.05, 4.69) is 4.98 Å². The molecule has 16 heavy (non-hydrogen) atoms. The Kier molecular flexibility index (Phi) is 3.28. The SMILES string of the molecule is CC(C)c1ccnc(C(C)(O)C(F)(F)F)c1. The largest absolute Gasteiger partial charge is 0.422 e. The fraction of sp³-hybridized carbons (Fsp3) is 0.545. The van der Waals surface area contributed by atoms with Crippen molar-refractivity contribution >= 4 is 0 Å². The average molecular weight is 233 g/mol. The molecule has 0 fully saturated rings. The van der Waals surface area contributed by atoms with E-state index in [1.54, 1.807) is 6.07 Å². The molecule has 1 aromatic heterocycles. The molecule has 1 atom stereocenters. The first-order valence-electron chi connectivity index (χ1n) is 4.92. The lowest BCUT2D eigenvalue weighted by molar-refractivity contribution is -0.260. The molecule has 0 aliphatic heterocycles. The van der Waals surface area contributed by atoms with Gasteiger partial charge in [0.2, 0.25) is 0 Å². The van der Waals surface area contributed by atoms with E-state index >= 15 is 0 Å². The molecule has 0 amide bonds. The lowest BCUT2D eigenvalue weighted by Gasteiger charge is -2.26. The van der Waals surface area contributed by atoms with Crippen LogP contribution in [0.5, 0.6) is 0 Å². The van der Waals surface area contributed by atoms with E-state index in [1.807, 2.05) is 13.8 Å². The minimum absolute atomic E-state index is 0.0887. The molecule has 1 rings (SSSR count). The Morgan fingerprint density at radius 2 is 1.88 bits per heavy atom. The van der Waals surface area contributed by atoms with E-state index in [0.717, 1.165) is 5.56 Å². The first-order valence-corrected chi connectivity index (χ1v) is 4.92. The number of aliphatic hydroxyl groups is 1. The molecule has 0 spiro atoms. The molecule has 5 heteroatoms. The van der Waals surface area contributed by atoms with Crippen LogP contribution in [0.1, 0.15) is 37.9 Å². The van der Waals surface area contributed by atoms with Crippen LogP contribution >= 0.6 is 0 Å². The topological polar surface area (TPSA) is 33.1 Å². The second kappa shape index (κ2) is 4.05. The van der Waals surface area contributed by atoms with Crippen LogP contribution in [0, 0.1) is 0 Å². The molecule has 0 radical (unpaired) electrons. The molecular weight excluding hydrogens is 219 g/mol. The highest BCUT2D eigenvalue weighted by atomic mass is 19.4. The summed E-state index contributed by atoms with van der Waals surface area (Å²) in [4.78, 5) is 3.59. The summed E-state index contributed by atoms with van der Waals surface area (Å²) < 4.78 is 37.7. The van der Waals surface area contributed by atoms with Crippen LogP contribution < -0.4 is 0 Å². The monoisotopic (exact) mass is 233 g/mol. The summed E-state index contributed by atoms with van der Waals surface area (Å²) in [5.74, 6) is 0.0887. The number of rotatable bonds is 2. The van der Waals surface area contributed by atoms with Crippen molar-refractivity contribution in [1.29, 1.82) is 0 Å². The Balaban J connectivity index is 3.19. The highest BCUT2D eigenvalue weighted by Crippen LogP contribution is 2.37. The zero-order chi connectivity index (χ0) is 12.6. The van der Waals surface area contributed by atoms with Crippen molar-refractivity contribution in [1.82, 2.24) is 4.98 Å². The molecule has 1 N–H and O–H groups in total. The first-order chi connectivity index (χ1) is 7.16. The Hall–Kier alpha value is -1.10. The lowest BCUT2D eigenvalue weighted by atomic mass is 9.96. The zero-order valence-electron chi connectivity index (χ0n) is 9.34. The number of alkyl halides is 3. The van der Waals surface area contributed by atoms with Gasteiger partial charge < -0.3 is 5.11 Å². The van der Waals surface area contributed by atoms with E-state index in [9.17, 15) is 18.3 Å². The normalized spacial score (nSPS) is 16.2. The van der Waals surface area contributed by atoms with Crippen LogP contribution in [0.3, 0.4) is 0 Å². The van der Waals surface area contributed by atoms with Gasteiger partial charge in [0.15, 0.2) is 5.60 Å². The quantitative estimate of drug-likeness (QED) is 0.851. The summed E-state index contributed by atoms with van der Waals surface area (Å²) in [7, 11) is 0. The molecule has 0 saturated heterocycles. The third-order valence-electron chi connectivity index (χ3n) is 2.50. The van der Waals surface area contributed by atoms with Gasteiger partial charge in [0, 0.05) is 6.20 Å². The molecule has 0 aliphatic carbocycles. The van der Waals surface area contributed by atoms with Crippen molar-refractivity contribution in [3.63, 3.8) is 0 Å². The average Bonchev–Trinajstić information content (AvgIpc) is 2.16. The number of hydrogen-bond acceptors (Lipinski definition) is 2. The summed E-state index contributed by atoms with van der Waals surface area (Å²) in [5.41, 5.74) is -2.56. The molecule has 0 bridgehead atoms. The van der Waals surface area contributed by atoms with Gasteiger partial charge in [0.1, 0.15) is 0 Å². The molecule has 2 nitrogen and oxygen atoms in total. The van der Waals surface area contributed by atoms with Crippen molar-refractivity contribution < 1.29 is 18.3 Å². The van der Waals surface area contributed by atoms with Gasteiger partial charge in [-0.1, -0.05) is 13.8 Å². The molecule has 0 saturated carbocycles. The van der Waals surface area contributed by atoms with Crippen molar-refractivity contribution in [2.24, 2.45) is 0 Å². The van der Waals surface area contributed by atoms with E-state index in [1.165, 1.54) is 12.3 Å². The second-order valence-corrected chi connectivity index (χ2v) is 4.20. The van der Waals surface area contributed by atoms with Gasteiger partial charge >= 0.3 is 6.18 Å². The third-order valence-corrected chi connectivity index (χ3v) is 2.50. The molecule has 0 aliphatic rings. The van der Waals surface area contributed by atoms with Crippen LogP contribution in [-0.4, -0.2) is 16.3 Å². The van der Waals surface area contributed by atoms with E-state index in [4.69, 9.17) is 0 Å². The maximum atomic E-state index is 12.6. The minimum atomic E-state index is -4.73. The highest BCUT2D eigenvalue weighted by Gasteiger charge is 2.52. The van der Waals surface area contributed by atoms with Crippen LogP contribution in [-0.2, 0) is 5.60 Å². The van der Waals surface area contributed by atoms with Gasteiger partial charge in [-0.15, -0.1) is 0 Å². The number of hydrogen-bond donors (Lipinski definition) is 1. The molecule has 1 heterocycles. The molecular formula is C11H14F3NO. The van der Waals surface area contributed by atoms with Gasteiger partial charge in [-0.2, -0.15) is 13.2 Å². The summed E-state index contributed by atoms with van der Waals surface area (Å²) in [6.07, 6.45) is -3.44. The van der Waals surface area contributed by atoms with Gasteiger partial charge in [-0.25, -0.2) is 0 Å². The summed E-state index contributed by atoms with van der Waals surface area (Å²) in [6, 6.07) is 2.93. The Labute approximate surface area is 92.1 Å². The molecule has 1 aromatic rings. The predicted octanol–water partition coefficient (Wildman–Crippen LogP) is 2.97. The second-order valence-electron chi connectivity index (χ2n) is 4.20. The maximum Gasteiger partial charge on any atom is 0.422 e. The van der Waals surface area contributed by atoms with E-state index in [-0.39, 0.29) is 11.6 Å². The number of aromatic nitrogens is 1. The Morgan fingerprint density at radius 1 is 1.31 bits per heavy atom. The first kappa shape index (κ1) is 13.0. The fourth-order valence-electron chi connectivity index (χ4n) is 1.22. The minimum Gasteiger partial charge on any atom is -0.375 e. The molecule has 0 aromatic carbocycles. The van der Waals surface area contributed by atoms with Crippen LogP contribution in [0.15, 0.2) is 18.3 Å². The maximum absolute atomic E-state index is 12.6. The van der Waals surface area contributed by atoms with Crippen LogP contribution in [0.2, 0.25) is 0 Å². The van der Waals surface area contributed by atoms with Crippen LogP contribution in [0.25, 0.3) is 0 Å². The number of pyridine rings is 1. The molecule has 90 valence electrons. The summed E-state index contributed by atoms with van der Waals surface area (Å²) >= 11 is 0. The fourth-order valence-corrected chi connectivity index (χ4v) is 1.22. The standard InChI is InChI=1S/C11H14F3NO/c1-7(2)8-4-5-15-9(6-8)10(3,16)11(12,13)14/h4-7,16H,1-3H3. The summed E-state index contributed by atoms with van der Waals surface area (Å²) in [6.45, 7) is 4.43. The van der Waals surface area contributed by atoms with Gasteiger partial charge in [0.25, 0.3) is 0 Å². The van der Waals surface area contributed by atoms with Crippen LogP contribution in [0.4, 0.5) is 13.2 Å². The zero-order valence-corrected chi connectivity index (χ0v) is 9.34. The van der Waals surface area contributed by atoms with E-state index in [0.29, 0.717) is 6.92 Å². The van der Waals surface area contributed by atoms with Crippen molar-refractivity contribution in [2.45, 2.75) is 38.5 Å². The third kappa shape index (κ3) is 2.35. The highest BCUT2D eigenvalue weighted by molar-refractivity contribution is 5.24. The van der Waals surface area contributed by atoms with Gasteiger partial charge in [-0.3, -0.25) is 4.98 Å². The van der Waals surface area contributed by atoms with Gasteiger partial charge in [-0.05, 0) is 30.5 Å². The van der Waals surface area contributed by atoms with Crippen molar-refractivity contribution in [3.8, 4) is 0 Å².